The third-order valence-corrected chi connectivity index (χ3v) is 3.97. The van der Waals surface area contributed by atoms with Crippen molar-refractivity contribution in [1.29, 1.82) is 0 Å². The molecule has 1 aromatic rings. The zero-order valence-corrected chi connectivity index (χ0v) is 11.2. The predicted octanol–water partition coefficient (Wildman–Crippen LogP) is 3.13. The molecule has 100 valence electrons. The number of phenolic OH excluding ortho intramolecular Hbond substituents is 1. The van der Waals surface area contributed by atoms with Gasteiger partial charge in [0, 0.05) is 12.6 Å². The van der Waals surface area contributed by atoms with Gasteiger partial charge in [-0.1, -0.05) is 31.7 Å². The van der Waals surface area contributed by atoms with Crippen molar-refractivity contribution in [3.05, 3.63) is 23.8 Å². The fraction of sp³-hybridized carbons (Fsp3) is 0.600. The van der Waals surface area contributed by atoms with Gasteiger partial charge in [-0.2, -0.15) is 0 Å². The van der Waals surface area contributed by atoms with E-state index in [1.165, 1.54) is 44.1 Å². The SMILES string of the molecule is CN(Cc1ccc(O)c(N)c1)C1CCCCCC1. The van der Waals surface area contributed by atoms with Crippen molar-refractivity contribution >= 4 is 5.69 Å². The Morgan fingerprint density at radius 2 is 1.89 bits per heavy atom. The van der Waals surface area contributed by atoms with Crippen molar-refractivity contribution in [2.24, 2.45) is 0 Å². The van der Waals surface area contributed by atoms with Crippen LogP contribution in [0.15, 0.2) is 18.2 Å². The molecule has 1 aliphatic carbocycles. The molecule has 0 amide bonds. The van der Waals surface area contributed by atoms with Gasteiger partial charge in [-0.05, 0) is 37.6 Å². The van der Waals surface area contributed by atoms with Crippen LogP contribution < -0.4 is 5.73 Å². The van der Waals surface area contributed by atoms with E-state index in [0.29, 0.717) is 11.7 Å². The molecule has 1 saturated carbocycles. The minimum Gasteiger partial charge on any atom is -0.506 e. The summed E-state index contributed by atoms with van der Waals surface area (Å²) < 4.78 is 0. The second-order valence-corrected chi connectivity index (χ2v) is 5.45. The third kappa shape index (κ3) is 3.39. The Kier molecular flexibility index (Phi) is 4.48. The zero-order chi connectivity index (χ0) is 13.0. The molecule has 0 radical (unpaired) electrons. The minimum absolute atomic E-state index is 0.177. The van der Waals surface area contributed by atoms with Crippen molar-refractivity contribution in [3.8, 4) is 5.75 Å². The Morgan fingerprint density at radius 3 is 2.50 bits per heavy atom. The topological polar surface area (TPSA) is 49.5 Å². The van der Waals surface area contributed by atoms with E-state index >= 15 is 0 Å². The molecule has 0 aliphatic heterocycles. The lowest BCUT2D eigenvalue weighted by Crippen LogP contribution is -2.30. The standard InChI is InChI=1S/C15H24N2O/c1-17(13-6-4-2-3-5-7-13)11-12-8-9-15(18)14(16)10-12/h8-10,13,18H,2-7,11,16H2,1H3. The minimum atomic E-state index is 0.177. The number of hydrogen-bond acceptors (Lipinski definition) is 3. The number of hydrogen-bond donors (Lipinski definition) is 2. The lowest BCUT2D eigenvalue weighted by Gasteiger charge is -2.27. The molecule has 3 nitrogen and oxygen atoms in total. The van der Waals surface area contributed by atoms with E-state index < -0.39 is 0 Å². The lowest BCUT2D eigenvalue weighted by atomic mass is 10.1. The number of rotatable bonds is 3. The molecule has 0 spiro atoms. The van der Waals surface area contributed by atoms with Crippen LogP contribution in [0.2, 0.25) is 0 Å². The molecule has 1 fully saturated rings. The van der Waals surface area contributed by atoms with Crippen LogP contribution in [0.1, 0.15) is 44.1 Å². The molecule has 2 rings (SSSR count). The fourth-order valence-electron chi connectivity index (χ4n) is 2.82. The molecule has 1 aromatic carbocycles. The first-order valence-corrected chi connectivity index (χ1v) is 6.94. The van der Waals surface area contributed by atoms with Gasteiger partial charge in [-0.25, -0.2) is 0 Å². The summed E-state index contributed by atoms with van der Waals surface area (Å²) in [6.45, 7) is 0.912. The first-order valence-electron chi connectivity index (χ1n) is 6.94. The Balaban J connectivity index is 1.96. The zero-order valence-electron chi connectivity index (χ0n) is 11.2. The van der Waals surface area contributed by atoms with Gasteiger partial charge >= 0.3 is 0 Å². The fourth-order valence-corrected chi connectivity index (χ4v) is 2.82. The first-order chi connectivity index (χ1) is 8.66. The molecular formula is C15H24N2O. The Labute approximate surface area is 110 Å². The number of anilines is 1. The highest BCUT2D eigenvalue weighted by Gasteiger charge is 2.17. The number of nitrogens with zero attached hydrogens (tertiary/aromatic N) is 1. The van der Waals surface area contributed by atoms with Crippen LogP contribution in [0.3, 0.4) is 0 Å². The maximum Gasteiger partial charge on any atom is 0.138 e. The van der Waals surface area contributed by atoms with Crippen LogP contribution in [0, 0.1) is 0 Å². The Morgan fingerprint density at radius 1 is 1.22 bits per heavy atom. The van der Waals surface area contributed by atoms with Gasteiger partial charge in [0.05, 0.1) is 5.69 Å². The summed E-state index contributed by atoms with van der Waals surface area (Å²) in [5.41, 5.74) is 7.38. The number of nitrogens with two attached hydrogens (primary N) is 1. The highest BCUT2D eigenvalue weighted by molar-refractivity contribution is 5.53. The molecule has 3 heteroatoms. The maximum atomic E-state index is 9.43. The van der Waals surface area contributed by atoms with Gasteiger partial charge in [-0.15, -0.1) is 0 Å². The van der Waals surface area contributed by atoms with E-state index in [2.05, 4.69) is 11.9 Å². The van der Waals surface area contributed by atoms with Crippen molar-refractivity contribution in [2.75, 3.05) is 12.8 Å². The molecule has 0 aromatic heterocycles. The third-order valence-electron chi connectivity index (χ3n) is 3.97. The summed E-state index contributed by atoms with van der Waals surface area (Å²) in [6.07, 6.45) is 8.10. The molecular weight excluding hydrogens is 224 g/mol. The summed E-state index contributed by atoms with van der Waals surface area (Å²) in [5.74, 6) is 0.177. The van der Waals surface area contributed by atoms with Gasteiger partial charge in [0.15, 0.2) is 0 Å². The van der Waals surface area contributed by atoms with Gasteiger partial charge in [0.2, 0.25) is 0 Å². The average molecular weight is 248 g/mol. The maximum absolute atomic E-state index is 9.43. The summed E-state index contributed by atoms with van der Waals surface area (Å²) in [4.78, 5) is 2.43. The first kappa shape index (κ1) is 13.2. The van der Waals surface area contributed by atoms with Crippen molar-refractivity contribution in [1.82, 2.24) is 4.90 Å². The molecule has 0 heterocycles. The van der Waals surface area contributed by atoms with Crippen LogP contribution in [0.5, 0.6) is 5.75 Å². The molecule has 0 bridgehead atoms. The average Bonchev–Trinajstić information content (AvgIpc) is 2.62. The van der Waals surface area contributed by atoms with Crippen LogP contribution in [-0.2, 0) is 6.54 Å². The van der Waals surface area contributed by atoms with Gasteiger partial charge in [0.1, 0.15) is 5.75 Å². The van der Waals surface area contributed by atoms with Crippen LogP contribution in [0.25, 0.3) is 0 Å². The second kappa shape index (κ2) is 6.10. The largest absolute Gasteiger partial charge is 0.506 e. The van der Waals surface area contributed by atoms with E-state index in [-0.39, 0.29) is 5.75 Å². The van der Waals surface area contributed by atoms with E-state index in [4.69, 9.17) is 5.73 Å². The van der Waals surface area contributed by atoms with E-state index in [1.807, 2.05) is 12.1 Å². The van der Waals surface area contributed by atoms with Crippen molar-refractivity contribution in [3.63, 3.8) is 0 Å². The summed E-state index contributed by atoms with van der Waals surface area (Å²) >= 11 is 0. The highest BCUT2D eigenvalue weighted by atomic mass is 16.3. The summed E-state index contributed by atoms with van der Waals surface area (Å²) in [6, 6.07) is 6.22. The Bertz CT molecular complexity index is 384. The molecule has 1 aliphatic rings. The summed E-state index contributed by atoms with van der Waals surface area (Å²) in [5, 5.41) is 9.43. The smallest absolute Gasteiger partial charge is 0.138 e. The molecule has 0 unspecified atom stereocenters. The van der Waals surface area contributed by atoms with Crippen LogP contribution in [0.4, 0.5) is 5.69 Å². The molecule has 3 N–H and O–H groups in total. The highest BCUT2D eigenvalue weighted by Crippen LogP contribution is 2.24. The molecule has 0 saturated heterocycles. The number of benzene rings is 1. The summed E-state index contributed by atoms with van der Waals surface area (Å²) in [7, 11) is 2.19. The van der Waals surface area contributed by atoms with Gasteiger partial charge in [-0.3, -0.25) is 4.90 Å². The number of nitrogen functional groups attached to an aromatic ring is 1. The predicted molar refractivity (Wildman–Crippen MR) is 75.5 cm³/mol. The van der Waals surface area contributed by atoms with E-state index in [0.717, 1.165) is 6.54 Å². The number of phenols is 1. The van der Waals surface area contributed by atoms with E-state index in [1.54, 1.807) is 6.07 Å². The van der Waals surface area contributed by atoms with Gasteiger partial charge < -0.3 is 10.8 Å². The quantitative estimate of drug-likeness (QED) is 0.491. The van der Waals surface area contributed by atoms with Crippen molar-refractivity contribution < 1.29 is 5.11 Å². The Hall–Kier alpha value is -1.22. The lowest BCUT2D eigenvalue weighted by molar-refractivity contribution is 0.213. The van der Waals surface area contributed by atoms with Crippen molar-refractivity contribution in [2.45, 2.75) is 51.1 Å². The second-order valence-electron chi connectivity index (χ2n) is 5.45. The van der Waals surface area contributed by atoms with E-state index in [9.17, 15) is 5.11 Å². The van der Waals surface area contributed by atoms with Crippen LogP contribution in [-0.4, -0.2) is 23.1 Å². The molecule has 0 atom stereocenters. The van der Waals surface area contributed by atoms with Gasteiger partial charge in [0.25, 0.3) is 0 Å². The molecule has 18 heavy (non-hydrogen) atoms. The monoisotopic (exact) mass is 248 g/mol. The van der Waals surface area contributed by atoms with Crippen LogP contribution >= 0.6 is 0 Å². The normalized spacial score (nSPS) is 17.9. The number of aromatic hydroxyl groups is 1.